The lowest BCUT2D eigenvalue weighted by Crippen LogP contribution is -2.32. The second kappa shape index (κ2) is 17.6. The molecule has 0 heterocycles. The number of aliphatic carboxylic acids is 4. The summed E-state index contributed by atoms with van der Waals surface area (Å²) < 4.78 is 0. The Hall–Kier alpha value is -3.95. The van der Waals surface area contributed by atoms with E-state index in [1.807, 2.05) is 0 Å². The van der Waals surface area contributed by atoms with E-state index in [0.717, 1.165) is 5.56 Å². The topological polar surface area (TPSA) is 312 Å². The highest BCUT2D eigenvalue weighted by Gasteiger charge is 2.14. The summed E-state index contributed by atoms with van der Waals surface area (Å²) in [5, 5.41) is 41.9. The Balaban J connectivity index is 0. The largest absolute Gasteiger partial charge is 0.508 e. The number of hydrogen-bond donors (Lipinski definition) is 10. The molecule has 3 atom stereocenters. The number of benzene rings is 1. The molecule has 192 valence electrons. The number of rotatable bonds is 11. The molecule has 15 N–H and O–H groups in total. The van der Waals surface area contributed by atoms with Crippen LogP contribution >= 0.6 is 0 Å². The predicted molar refractivity (Wildman–Crippen MR) is 121 cm³/mol. The van der Waals surface area contributed by atoms with Crippen LogP contribution in [0.25, 0.3) is 0 Å². The molecule has 0 fully saturated rings. The first kappa shape index (κ1) is 32.2. The van der Waals surface area contributed by atoms with Crippen molar-refractivity contribution in [1.29, 1.82) is 0 Å². The molecule has 15 heteroatoms. The normalized spacial score (nSPS) is 12.3. The van der Waals surface area contributed by atoms with Gasteiger partial charge in [0.1, 0.15) is 23.9 Å². The minimum atomic E-state index is -1.29. The van der Waals surface area contributed by atoms with Crippen molar-refractivity contribution in [2.24, 2.45) is 33.7 Å². The Morgan fingerprint density at radius 3 is 1.62 bits per heavy atom. The zero-order valence-corrected chi connectivity index (χ0v) is 18.3. The number of guanidine groups is 1. The lowest BCUT2D eigenvalue weighted by molar-refractivity contribution is -0.144. The number of phenolic OH excluding ortho intramolecular Hbond substituents is 1. The van der Waals surface area contributed by atoms with Gasteiger partial charge in [-0.25, -0.2) is 0 Å². The van der Waals surface area contributed by atoms with Crippen LogP contribution in [0.3, 0.4) is 0 Å². The van der Waals surface area contributed by atoms with Gasteiger partial charge in [0.05, 0.1) is 6.42 Å². The highest BCUT2D eigenvalue weighted by Crippen LogP contribution is 2.10. The van der Waals surface area contributed by atoms with Crippen LogP contribution in [-0.2, 0) is 25.6 Å². The molecule has 0 radical (unpaired) electrons. The van der Waals surface area contributed by atoms with Crippen LogP contribution in [0.5, 0.6) is 5.75 Å². The molecule has 1 aromatic rings. The number of phenols is 1. The van der Waals surface area contributed by atoms with E-state index in [4.69, 9.17) is 54.2 Å². The third-order valence-corrected chi connectivity index (χ3v) is 3.71. The van der Waals surface area contributed by atoms with E-state index in [2.05, 4.69) is 4.99 Å². The van der Waals surface area contributed by atoms with Crippen LogP contribution in [0.4, 0.5) is 0 Å². The second-order valence-electron chi connectivity index (χ2n) is 6.75. The molecule has 0 aliphatic heterocycles. The van der Waals surface area contributed by atoms with Gasteiger partial charge >= 0.3 is 23.9 Å². The molecule has 0 unspecified atom stereocenters. The SMILES string of the molecule is NC(N)=NCCC[C@H](N)C(=O)O.N[C@@H](CC(=O)O)C(=O)O.N[C@@H](Cc1ccc(O)cc1)C(=O)O. The molecule has 0 spiro atoms. The van der Waals surface area contributed by atoms with Gasteiger partial charge in [0.2, 0.25) is 0 Å². The minimum Gasteiger partial charge on any atom is -0.508 e. The van der Waals surface area contributed by atoms with Gasteiger partial charge in [-0.3, -0.25) is 24.2 Å². The summed E-state index contributed by atoms with van der Waals surface area (Å²) in [5.41, 5.74) is 26.3. The predicted octanol–water partition coefficient (Wildman–Crippen LogP) is -2.33. The van der Waals surface area contributed by atoms with Gasteiger partial charge in [-0.2, -0.15) is 0 Å². The Morgan fingerprint density at radius 2 is 1.26 bits per heavy atom. The Bertz CT molecular complexity index is 813. The molecule has 0 saturated carbocycles. The van der Waals surface area contributed by atoms with E-state index in [1.165, 1.54) is 12.1 Å². The van der Waals surface area contributed by atoms with Gasteiger partial charge in [-0.1, -0.05) is 12.1 Å². The third kappa shape index (κ3) is 18.8. The van der Waals surface area contributed by atoms with Crippen molar-refractivity contribution in [3.05, 3.63) is 29.8 Å². The molecule has 1 aromatic carbocycles. The van der Waals surface area contributed by atoms with Crippen molar-refractivity contribution in [1.82, 2.24) is 0 Å². The standard InChI is InChI=1S/C9H11NO3.C6H14N4O2.C4H7NO4/c10-8(9(12)13)5-6-1-3-7(11)4-2-6;7-4(5(11)12)2-1-3-10-6(8)9;5-2(4(8)9)1-3(6)7/h1-4,8,11H,5,10H2,(H,12,13);4H,1-3,7H2,(H,11,12)(H4,8,9,10);2H,1,5H2,(H,6,7)(H,8,9)/t8-;4-;2-/m000/s1. The average Bonchev–Trinajstić information content (AvgIpc) is 2.72. The fourth-order valence-electron chi connectivity index (χ4n) is 1.89. The van der Waals surface area contributed by atoms with E-state index in [0.29, 0.717) is 19.4 Å². The highest BCUT2D eigenvalue weighted by molar-refractivity contribution is 5.80. The summed E-state index contributed by atoms with van der Waals surface area (Å²) in [6.07, 6.45) is 0.697. The number of carboxylic acid groups (broad SMARTS) is 4. The van der Waals surface area contributed by atoms with E-state index in [1.54, 1.807) is 12.1 Å². The molecule has 0 aliphatic carbocycles. The van der Waals surface area contributed by atoms with Gasteiger partial charge < -0.3 is 54.2 Å². The summed E-state index contributed by atoms with van der Waals surface area (Å²) in [6.45, 7) is 0.420. The number of carbonyl (C=O) groups is 4. The van der Waals surface area contributed by atoms with Crippen molar-refractivity contribution in [3.63, 3.8) is 0 Å². The number of nitrogens with two attached hydrogens (primary N) is 5. The first-order valence-corrected chi connectivity index (χ1v) is 9.67. The van der Waals surface area contributed by atoms with Crippen molar-refractivity contribution in [2.75, 3.05) is 6.54 Å². The maximum Gasteiger partial charge on any atom is 0.321 e. The van der Waals surface area contributed by atoms with Crippen LogP contribution in [0, 0.1) is 0 Å². The summed E-state index contributed by atoms with van der Waals surface area (Å²) in [7, 11) is 0. The number of aromatic hydroxyl groups is 1. The summed E-state index contributed by atoms with van der Waals surface area (Å²) in [5.74, 6) is -4.35. The summed E-state index contributed by atoms with van der Waals surface area (Å²) in [4.78, 5) is 43.9. The molecule has 0 aromatic heterocycles. The Kier molecular flexibility index (Phi) is 16.7. The Labute approximate surface area is 194 Å². The number of aliphatic imine (C=N–C) groups is 1. The van der Waals surface area contributed by atoms with Crippen molar-refractivity contribution in [2.45, 2.75) is 43.8 Å². The van der Waals surface area contributed by atoms with Crippen molar-refractivity contribution < 1.29 is 44.7 Å². The van der Waals surface area contributed by atoms with E-state index in [-0.39, 0.29) is 18.1 Å². The average molecular weight is 488 g/mol. The van der Waals surface area contributed by atoms with Crippen LogP contribution in [0.2, 0.25) is 0 Å². The quantitative estimate of drug-likeness (QED) is 0.0887. The van der Waals surface area contributed by atoms with Crippen LogP contribution < -0.4 is 28.7 Å². The van der Waals surface area contributed by atoms with Gasteiger partial charge in [0, 0.05) is 6.54 Å². The highest BCUT2D eigenvalue weighted by atomic mass is 16.4. The summed E-state index contributed by atoms with van der Waals surface area (Å²) >= 11 is 0. The number of nitrogens with zero attached hydrogens (tertiary/aromatic N) is 1. The minimum absolute atomic E-state index is 0.0129. The zero-order valence-electron chi connectivity index (χ0n) is 18.3. The second-order valence-corrected chi connectivity index (χ2v) is 6.75. The lowest BCUT2D eigenvalue weighted by Gasteiger charge is -2.05. The molecule has 15 nitrogen and oxygen atoms in total. The maximum absolute atomic E-state index is 10.4. The smallest absolute Gasteiger partial charge is 0.321 e. The van der Waals surface area contributed by atoms with Gasteiger partial charge in [-0.15, -0.1) is 0 Å². The van der Waals surface area contributed by atoms with Crippen molar-refractivity contribution >= 4 is 29.8 Å². The number of carboxylic acids is 4. The fourth-order valence-corrected chi connectivity index (χ4v) is 1.89. The molecular formula is C19H32N6O9. The number of hydrogen-bond acceptors (Lipinski definition) is 9. The first-order valence-electron chi connectivity index (χ1n) is 9.67. The molecule has 0 saturated heterocycles. The molecule has 0 bridgehead atoms. The van der Waals surface area contributed by atoms with Gasteiger partial charge in [0.15, 0.2) is 5.96 Å². The van der Waals surface area contributed by atoms with E-state index >= 15 is 0 Å². The molecular weight excluding hydrogens is 456 g/mol. The lowest BCUT2D eigenvalue weighted by atomic mass is 10.1. The van der Waals surface area contributed by atoms with Crippen LogP contribution in [-0.4, -0.2) is 80.0 Å². The van der Waals surface area contributed by atoms with Gasteiger partial charge in [-0.05, 0) is 37.0 Å². The fraction of sp³-hybridized carbons (Fsp3) is 0.421. The Morgan fingerprint density at radius 1 is 0.794 bits per heavy atom. The van der Waals surface area contributed by atoms with Gasteiger partial charge in [0.25, 0.3) is 0 Å². The van der Waals surface area contributed by atoms with E-state index < -0.39 is 48.4 Å². The maximum atomic E-state index is 10.4. The zero-order chi connectivity index (χ0) is 26.8. The van der Waals surface area contributed by atoms with Crippen LogP contribution in [0.1, 0.15) is 24.8 Å². The third-order valence-electron chi connectivity index (χ3n) is 3.71. The molecule has 34 heavy (non-hydrogen) atoms. The van der Waals surface area contributed by atoms with Crippen LogP contribution in [0.15, 0.2) is 29.3 Å². The molecule has 0 amide bonds. The van der Waals surface area contributed by atoms with E-state index in [9.17, 15) is 19.2 Å². The first-order chi connectivity index (χ1) is 15.7. The molecule has 0 aliphatic rings. The monoisotopic (exact) mass is 488 g/mol. The summed E-state index contributed by atoms with van der Waals surface area (Å²) in [6, 6.07) is 3.32. The molecule has 1 rings (SSSR count). The van der Waals surface area contributed by atoms with Crippen molar-refractivity contribution in [3.8, 4) is 5.75 Å².